The van der Waals surface area contributed by atoms with Crippen LogP contribution in [0.4, 0.5) is 0 Å². The summed E-state index contributed by atoms with van der Waals surface area (Å²) in [5.74, 6) is 0.287. The van der Waals surface area contributed by atoms with Gasteiger partial charge in [-0.2, -0.15) is 0 Å². The Morgan fingerprint density at radius 2 is 2.06 bits per heavy atom. The van der Waals surface area contributed by atoms with E-state index in [9.17, 15) is 13.2 Å². The zero-order valence-corrected chi connectivity index (χ0v) is 11.0. The fraction of sp³-hybridized carbons (Fsp3) is 0.900. The summed E-state index contributed by atoms with van der Waals surface area (Å²) in [6, 6.07) is 0. The van der Waals surface area contributed by atoms with Gasteiger partial charge in [0.05, 0.1) is 11.9 Å². The molecule has 1 saturated carbocycles. The molecular weight excluding hydrogens is 244 g/mol. The summed E-state index contributed by atoms with van der Waals surface area (Å²) in [6.07, 6.45) is 1.77. The molecule has 2 atom stereocenters. The molecule has 0 aliphatic heterocycles. The highest BCUT2D eigenvalue weighted by Crippen LogP contribution is 2.29. The molecular formula is C10H20N2O4S. The van der Waals surface area contributed by atoms with Crippen LogP contribution in [0.25, 0.3) is 0 Å². The number of rotatable bonds is 7. The Morgan fingerprint density at radius 3 is 2.53 bits per heavy atom. The monoisotopic (exact) mass is 264 g/mol. The minimum atomic E-state index is -3.60. The van der Waals surface area contributed by atoms with Crippen molar-refractivity contribution in [3.8, 4) is 0 Å². The number of carbonyl (C=O) groups excluding carboxylic acids is 1. The van der Waals surface area contributed by atoms with E-state index < -0.39 is 21.4 Å². The lowest BCUT2D eigenvalue weighted by Crippen LogP contribution is -2.42. The number of carbonyl (C=O) groups is 1. The fourth-order valence-electron chi connectivity index (χ4n) is 1.14. The van der Waals surface area contributed by atoms with Gasteiger partial charge in [0.15, 0.2) is 0 Å². The summed E-state index contributed by atoms with van der Waals surface area (Å²) in [5, 5.41) is 6.66. The molecule has 0 aromatic carbocycles. The topological polar surface area (TPSA) is 98.5 Å². The van der Waals surface area contributed by atoms with Gasteiger partial charge in [0, 0.05) is 6.54 Å². The predicted molar refractivity (Wildman–Crippen MR) is 63.7 cm³/mol. The van der Waals surface area contributed by atoms with Crippen molar-refractivity contribution < 1.29 is 17.9 Å². The molecule has 0 heterocycles. The highest BCUT2D eigenvalue weighted by Gasteiger charge is 2.24. The van der Waals surface area contributed by atoms with E-state index in [0.29, 0.717) is 12.5 Å². The van der Waals surface area contributed by atoms with Crippen LogP contribution in [0.15, 0.2) is 0 Å². The molecule has 100 valence electrons. The molecule has 2 unspecified atom stereocenters. The highest BCUT2D eigenvalue weighted by atomic mass is 32.2. The van der Waals surface area contributed by atoms with Crippen LogP contribution in [-0.4, -0.2) is 38.8 Å². The first-order valence-corrected chi connectivity index (χ1v) is 7.32. The van der Waals surface area contributed by atoms with Gasteiger partial charge >= 0.3 is 0 Å². The molecule has 0 spiro atoms. The summed E-state index contributed by atoms with van der Waals surface area (Å²) < 4.78 is 27.2. The number of sulfonamides is 1. The maximum atomic E-state index is 11.5. The van der Waals surface area contributed by atoms with Crippen LogP contribution in [-0.2, 0) is 19.6 Å². The Bertz CT molecular complexity index is 365. The van der Waals surface area contributed by atoms with Gasteiger partial charge in [0.2, 0.25) is 15.9 Å². The summed E-state index contributed by atoms with van der Waals surface area (Å²) in [5.41, 5.74) is 0. The van der Waals surface area contributed by atoms with Crippen molar-refractivity contribution in [1.29, 1.82) is 0 Å². The van der Waals surface area contributed by atoms with Crippen LogP contribution < -0.4 is 10.5 Å². The van der Waals surface area contributed by atoms with Gasteiger partial charge in [-0.15, -0.1) is 0 Å². The van der Waals surface area contributed by atoms with E-state index >= 15 is 0 Å². The van der Waals surface area contributed by atoms with Gasteiger partial charge in [-0.25, -0.2) is 13.6 Å². The number of nitrogens with one attached hydrogen (secondary N) is 1. The van der Waals surface area contributed by atoms with E-state index in [4.69, 9.17) is 9.88 Å². The minimum Gasteiger partial charge on any atom is -0.368 e. The van der Waals surface area contributed by atoms with Gasteiger partial charge in [-0.3, -0.25) is 4.79 Å². The molecule has 0 aromatic rings. The Morgan fingerprint density at radius 1 is 1.47 bits per heavy atom. The average Bonchev–Trinajstić information content (AvgIpc) is 3.04. The standard InChI is InChI=1S/C10H20N2O4S/c1-7(17(11,14)15)5-12-10(13)8(2)16-6-9-3-4-9/h7-9H,3-6H2,1-2H3,(H,12,13)(H2,11,14,15). The molecule has 1 aliphatic rings. The Balaban J connectivity index is 2.23. The first-order valence-electron chi connectivity index (χ1n) is 5.71. The van der Waals surface area contributed by atoms with Crippen molar-refractivity contribution >= 4 is 15.9 Å². The highest BCUT2D eigenvalue weighted by molar-refractivity contribution is 7.89. The number of ether oxygens (including phenoxy) is 1. The molecule has 0 radical (unpaired) electrons. The lowest BCUT2D eigenvalue weighted by molar-refractivity contribution is -0.131. The number of amides is 1. The third-order valence-electron chi connectivity index (χ3n) is 2.77. The molecule has 1 amide bonds. The van der Waals surface area contributed by atoms with E-state index in [1.54, 1.807) is 6.92 Å². The molecule has 1 fully saturated rings. The summed E-state index contributed by atoms with van der Waals surface area (Å²) in [4.78, 5) is 11.5. The molecule has 0 saturated heterocycles. The maximum Gasteiger partial charge on any atom is 0.248 e. The first-order chi connectivity index (χ1) is 7.80. The number of hydrogen-bond donors (Lipinski definition) is 2. The number of hydrogen-bond acceptors (Lipinski definition) is 4. The zero-order chi connectivity index (χ0) is 13.1. The normalized spacial score (nSPS) is 19.7. The van der Waals surface area contributed by atoms with Crippen LogP contribution in [0, 0.1) is 5.92 Å². The fourth-order valence-corrected chi connectivity index (χ4v) is 1.46. The van der Waals surface area contributed by atoms with Crippen LogP contribution in [0.5, 0.6) is 0 Å². The molecule has 1 rings (SSSR count). The van der Waals surface area contributed by atoms with Crippen LogP contribution >= 0.6 is 0 Å². The second-order valence-corrected chi connectivity index (χ2v) is 6.55. The second kappa shape index (κ2) is 5.79. The predicted octanol–water partition coefficient (Wildman–Crippen LogP) is -0.405. The third kappa shape index (κ3) is 5.47. The Labute approximate surface area is 102 Å². The van der Waals surface area contributed by atoms with Crippen molar-refractivity contribution in [2.24, 2.45) is 11.1 Å². The maximum absolute atomic E-state index is 11.5. The Hall–Kier alpha value is -0.660. The smallest absolute Gasteiger partial charge is 0.248 e. The largest absolute Gasteiger partial charge is 0.368 e. The van der Waals surface area contributed by atoms with Crippen molar-refractivity contribution in [1.82, 2.24) is 5.32 Å². The molecule has 0 aromatic heterocycles. The zero-order valence-electron chi connectivity index (χ0n) is 10.2. The van der Waals surface area contributed by atoms with Gasteiger partial charge < -0.3 is 10.1 Å². The number of nitrogens with two attached hydrogens (primary N) is 1. The second-order valence-electron chi connectivity index (χ2n) is 4.56. The summed E-state index contributed by atoms with van der Waals surface area (Å²) in [7, 11) is -3.60. The van der Waals surface area contributed by atoms with Crippen molar-refractivity contribution in [3.05, 3.63) is 0 Å². The Kier molecular flexibility index (Phi) is 4.91. The van der Waals surface area contributed by atoms with Gasteiger partial charge in [-0.1, -0.05) is 0 Å². The third-order valence-corrected chi connectivity index (χ3v) is 4.06. The summed E-state index contributed by atoms with van der Waals surface area (Å²) in [6.45, 7) is 3.71. The van der Waals surface area contributed by atoms with Crippen LogP contribution in [0.1, 0.15) is 26.7 Å². The molecule has 0 bridgehead atoms. The van der Waals surface area contributed by atoms with Crippen molar-refractivity contribution in [2.75, 3.05) is 13.2 Å². The van der Waals surface area contributed by atoms with Crippen molar-refractivity contribution in [2.45, 2.75) is 38.0 Å². The minimum absolute atomic E-state index is 0.00873. The lowest BCUT2D eigenvalue weighted by atomic mass is 10.3. The van der Waals surface area contributed by atoms with E-state index in [2.05, 4.69) is 5.32 Å². The van der Waals surface area contributed by atoms with Gasteiger partial charge in [0.25, 0.3) is 0 Å². The molecule has 1 aliphatic carbocycles. The average molecular weight is 264 g/mol. The molecule has 7 heteroatoms. The van der Waals surface area contributed by atoms with E-state index in [1.807, 2.05) is 0 Å². The molecule has 6 nitrogen and oxygen atoms in total. The molecule has 3 N–H and O–H groups in total. The van der Waals surface area contributed by atoms with Gasteiger partial charge in [-0.05, 0) is 32.6 Å². The number of primary sulfonamides is 1. The lowest BCUT2D eigenvalue weighted by Gasteiger charge is -2.15. The van der Waals surface area contributed by atoms with E-state index in [0.717, 1.165) is 12.8 Å². The quantitative estimate of drug-likeness (QED) is 0.653. The molecule has 17 heavy (non-hydrogen) atoms. The summed E-state index contributed by atoms with van der Waals surface area (Å²) >= 11 is 0. The van der Waals surface area contributed by atoms with E-state index in [-0.39, 0.29) is 12.5 Å². The SMILES string of the molecule is CC(OCC1CC1)C(=O)NCC(C)S(N)(=O)=O. The first kappa shape index (κ1) is 14.4. The van der Waals surface area contributed by atoms with Gasteiger partial charge in [0.1, 0.15) is 6.10 Å². The van der Waals surface area contributed by atoms with E-state index in [1.165, 1.54) is 6.92 Å². The van der Waals surface area contributed by atoms with Crippen LogP contribution in [0.3, 0.4) is 0 Å². The van der Waals surface area contributed by atoms with Crippen molar-refractivity contribution in [3.63, 3.8) is 0 Å². The van der Waals surface area contributed by atoms with Crippen LogP contribution in [0.2, 0.25) is 0 Å².